The molecule has 25 heavy (non-hydrogen) atoms. The van der Waals surface area contributed by atoms with E-state index in [-0.39, 0.29) is 36.8 Å². The van der Waals surface area contributed by atoms with Gasteiger partial charge in [0, 0.05) is 26.2 Å². The highest BCUT2D eigenvalue weighted by Crippen LogP contribution is 2.28. The van der Waals surface area contributed by atoms with Crippen molar-refractivity contribution in [2.45, 2.75) is 33.2 Å². The molecule has 0 bridgehead atoms. The fraction of sp³-hybridized carbons (Fsp3) is 0.611. The number of halogens is 2. The number of carbonyl (C=O) groups is 1. The van der Waals surface area contributed by atoms with Crippen LogP contribution in [-0.4, -0.2) is 49.6 Å². The van der Waals surface area contributed by atoms with Gasteiger partial charge >= 0.3 is 0 Å². The molecule has 1 aliphatic heterocycles. The molecule has 1 aromatic rings. The van der Waals surface area contributed by atoms with Gasteiger partial charge in [-0.15, -0.1) is 24.8 Å². The van der Waals surface area contributed by atoms with Crippen molar-refractivity contribution in [1.29, 1.82) is 0 Å². The molecule has 1 aromatic carbocycles. The number of rotatable bonds is 6. The van der Waals surface area contributed by atoms with Crippen molar-refractivity contribution in [3.05, 3.63) is 24.3 Å². The van der Waals surface area contributed by atoms with E-state index in [2.05, 4.69) is 24.8 Å². The van der Waals surface area contributed by atoms with Crippen molar-refractivity contribution in [1.82, 2.24) is 4.90 Å². The highest BCUT2D eigenvalue weighted by atomic mass is 35.5. The molecule has 1 saturated heterocycles. The predicted molar refractivity (Wildman–Crippen MR) is 108 cm³/mol. The number of nitrogens with zero attached hydrogens (tertiary/aromatic N) is 2. The molecule has 2 N–H and O–H groups in total. The van der Waals surface area contributed by atoms with Crippen molar-refractivity contribution in [2.24, 2.45) is 11.7 Å². The van der Waals surface area contributed by atoms with Gasteiger partial charge in [0.2, 0.25) is 5.91 Å². The Hall–Kier alpha value is -1.17. The summed E-state index contributed by atoms with van der Waals surface area (Å²) in [5.41, 5.74) is 7.14. The van der Waals surface area contributed by atoms with E-state index in [1.807, 2.05) is 30.0 Å². The molecule has 0 unspecified atom stereocenters. The Balaban J connectivity index is 0.00000288. The Morgan fingerprint density at radius 3 is 2.32 bits per heavy atom. The maximum Gasteiger partial charge on any atom is 0.239 e. The molecule has 0 aliphatic carbocycles. The topological polar surface area (TPSA) is 58.8 Å². The summed E-state index contributed by atoms with van der Waals surface area (Å²) < 4.78 is 5.70. The van der Waals surface area contributed by atoms with Gasteiger partial charge in [-0.1, -0.05) is 26.0 Å². The van der Waals surface area contributed by atoms with E-state index in [0.29, 0.717) is 25.6 Å². The van der Waals surface area contributed by atoms with Crippen LogP contribution in [0, 0.1) is 5.92 Å². The van der Waals surface area contributed by atoms with E-state index in [4.69, 9.17) is 10.5 Å². The Morgan fingerprint density at radius 2 is 1.76 bits per heavy atom. The number of anilines is 1. The summed E-state index contributed by atoms with van der Waals surface area (Å²) in [6.07, 6.45) is 0.742. The number of ether oxygens (including phenoxy) is 1. The minimum atomic E-state index is -0.378. The molecule has 0 radical (unpaired) electrons. The molecule has 0 saturated carbocycles. The predicted octanol–water partition coefficient (Wildman–Crippen LogP) is 2.95. The van der Waals surface area contributed by atoms with Gasteiger partial charge in [0.1, 0.15) is 5.75 Å². The number of benzene rings is 1. The van der Waals surface area contributed by atoms with Crippen LogP contribution in [0.1, 0.15) is 27.2 Å². The normalized spacial score (nSPS) is 15.2. The highest BCUT2D eigenvalue weighted by Gasteiger charge is 2.26. The third-order valence-corrected chi connectivity index (χ3v) is 4.14. The van der Waals surface area contributed by atoms with Gasteiger partial charge in [-0.3, -0.25) is 4.79 Å². The molecule has 1 fully saturated rings. The van der Waals surface area contributed by atoms with Gasteiger partial charge in [0.05, 0.1) is 18.3 Å². The quantitative estimate of drug-likeness (QED) is 0.809. The minimum Gasteiger partial charge on any atom is -0.492 e. The van der Waals surface area contributed by atoms with Gasteiger partial charge in [-0.25, -0.2) is 0 Å². The summed E-state index contributed by atoms with van der Waals surface area (Å²) in [5, 5.41) is 0. The van der Waals surface area contributed by atoms with Crippen molar-refractivity contribution < 1.29 is 9.53 Å². The van der Waals surface area contributed by atoms with Crippen LogP contribution in [0.3, 0.4) is 0 Å². The zero-order valence-corrected chi connectivity index (χ0v) is 16.9. The Kier molecular flexibility index (Phi) is 10.9. The second-order valence-corrected chi connectivity index (χ2v) is 6.45. The lowest BCUT2D eigenvalue weighted by atomic mass is 10.0. The average Bonchev–Trinajstić information content (AvgIpc) is 2.54. The van der Waals surface area contributed by atoms with Gasteiger partial charge in [0.25, 0.3) is 0 Å². The minimum absolute atomic E-state index is 0. The smallest absolute Gasteiger partial charge is 0.239 e. The molecule has 1 aliphatic rings. The Labute approximate surface area is 163 Å². The summed E-state index contributed by atoms with van der Waals surface area (Å²) in [4.78, 5) is 16.6. The molecule has 0 spiro atoms. The lowest BCUT2D eigenvalue weighted by molar-refractivity contribution is -0.133. The summed E-state index contributed by atoms with van der Waals surface area (Å²) >= 11 is 0. The van der Waals surface area contributed by atoms with Crippen LogP contribution in [0.15, 0.2) is 24.3 Å². The lowest BCUT2D eigenvalue weighted by Crippen LogP contribution is -2.53. The van der Waals surface area contributed by atoms with Crippen LogP contribution in [0.25, 0.3) is 0 Å². The molecule has 1 heterocycles. The van der Waals surface area contributed by atoms with E-state index in [1.165, 1.54) is 0 Å². The average molecular weight is 392 g/mol. The standard InChI is InChI=1S/C18H29N3O2.2ClH/c1-4-23-17-8-6-5-7-16(17)20-9-11-21(12-10-20)18(22)15(19)13-14(2)3;;/h5-8,14-15H,4,9-13,19H2,1-3H3;2*1H/t15-;;/m0../s1. The van der Waals surface area contributed by atoms with Gasteiger partial charge in [-0.2, -0.15) is 0 Å². The third kappa shape index (κ3) is 6.57. The van der Waals surface area contributed by atoms with Crippen molar-refractivity contribution in [3.63, 3.8) is 0 Å². The molecule has 1 atom stereocenters. The number of hydrogen-bond donors (Lipinski definition) is 1. The van der Waals surface area contributed by atoms with Crippen LogP contribution in [0.2, 0.25) is 0 Å². The second-order valence-electron chi connectivity index (χ2n) is 6.45. The van der Waals surface area contributed by atoms with Crippen molar-refractivity contribution >= 4 is 36.4 Å². The van der Waals surface area contributed by atoms with Gasteiger partial charge in [-0.05, 0) is 31.4 Å². The fourth-order valence-corrected chi connectivity index (χ4v) is 3.01. The first-order chi connectivity index (χ1) is 11.0. The summed E-state index contributed by atoms with van der Waals surface area (Å²) in [6, 6.07) is 7.70. The van der Waals surface area contributed by atoms with Crippen LogP contribution in [-0.2, 0) is 4.79 Å². The lowest BCUT2D eigenvalue weighted by Gasteiger charge is -2.37. The van der Waals surface area contributed by atoms with E-state index in [9.17, 15) is 4.79 Å². The molecule has 144 valence electrons. The fourth-order valence-electron chi connectivity index (χ4n) is 3.01. The zero-order chi connectivity index (χ0) is 16.8. The number of para-hydroxylation sites is 2. The molecule has 5 nitrogen and oxygen atoms in total. The zero-order valence-electron chi connectivity index (χ0n) is 15.3. The first-order valence-corrected chi connectivity index (χ1v) is 8.54. The molecular weight excluding hydrogens is 361 g/mol. The Bertz CT molecular complexity index is 521. The number of piperazine rings is 1. The van der Waals surface area contributed by atoms with Crippen LogP contribution in [0.4, 0.5) is 5.69 Å². The van der Waals surface area contributed by atoms with Crippen LogP contribution < -0.4 is 15.4 Å². The maximum absolute atomic E-state index is 12.4. The van der Waals surface area contributed by atoms with Crippen molar-refractivity contribution in [3.8, 4) is 5.75 Å². The number of nitrogens with two attached hydrogens (primary N) is 1. The molecule has 1 amide bonds. The summed E-state index contributed by atoms with van der Waals surface area (Å²) in [7, 11) is 0. The highest BCUT2D eigenvalue weighted by molar-refractivity contribution is 5.85. The maximum atomic E-state index is 12.4. The van der Waals surface area contributed by atoms with Gasteiger partial charge < -0.3 is 20.3 Å². The third-order valence-electron chi connectivity index (χ3n) is 4.14. The van der Waals surface area contributed by atoms with Gasteiger partial charge in [0.15, 0.2) is 0 Å². The number of carbonyl (C=O) groups excluding carboxylic acids is 1. The second kappa shape index (κ2) is 11.4. The van der Waals surface area contributed by atoms with E-state index < -0.39 is 0 Å². The molecule has 7 heteroatoms. The number of amides is 1. The van der Waals surface area contributed by atoms with Crippen LogP contribution >= 0.6 is 24.8 Å². The first kappa shape index (κ1) is 23.8. The SMILES string of the molecule is CCOc1ccccc1N1CCN(C(=O)[C@@H](N)CC(C)C)CC1.Cl.Cl. The molecule has 2 rings (SSSR count). The molecule has 0 aromatic heterocycles. The number of hydrogen-bond acceptors (Lipinski definition) is 4. The van der Waals surface area contributed by atoms with E-state index >= 15 is 0 Å². The summed E-state index contributed by atoms with van der Waals surface area (Å²) in [5.74, 6) is 1.43. The van der Waals surface area contributed by atoms with E-state index in [0.717, 1.165) is 30.9 Å². The van der Waals surface area contributed by atoms with Crippen LogP contribution in [0.5, 0.6) is 5.75 Å². The monoisotopic (exact) mass is 391 g/mol. The Morgan fingerprint density at radius 1 is 1.16 bits per heavy atom. The largest absolute Gasteiger partial charge is 0.492 e. The first-order valence-electron chi connectivity index (χ1n) is 8.54. The molecular formula is C18H31Cl2N3O2. The summed E-state index contributed by atoms with van der Waals surface area (Å²) in [6.45, 7) is 9.87. The van der Waals surface area contributed by atoms with Crippen molar-refractivity contribution in [2.75, 3.05) is 37.7 Å². The van der Waals surface area contributed by atoms with E-state index in [1.54, 1.807) is 0 Å².